The molecule has 176 valence electrons. The van der Waals surface area contributed by atoms with E-state index in [1.165, 1.54) is 0 Å². The Morgan fingerprint density at radius 1 is 1.03 bits per heavy atom. The molecular formula is C25H30N2O6. The summed E-state index contributed by atoms with van der Waals surface area (Å²) < 4.78 is 10.7. The second-order valence-electron chi connectivity index (χ2n) is 7.80. The molecule has 1 unspecified atom stereocenters. The van der Waals surface area contributed by atoms with Crippen LogP contribution in [0, 0.1) is 0 Å². The zero-order valence-electron chi connectivity index (χ0n) is 18.7. The first-order valence-corrected chi connectivity index (χ1v) is 11.2. The zero-order valence-corrected chi connectivity index (χ0v) is 18.7. The van der Waals surface area contributed by atoms with Gasteiger partial charge in [-0.2, -0.15) is 0 Å². The molecule has 8 nitrogen and oxygen atoms in total. The minimum atomic E-state index is -1.04. The fourth-order valence-electron chi connectivity index (χ4n) is 3.97. The van der Waals surface area contributed by atoms with Crippen LogP contribution in [0.15, 0.2) is 48.5 Å². The van der Waals surface area contributed by atoms with Crippen LogP contribution < -0.4 is 10.6 Å². The van der Waals surface area contributed by atoms with Crippen molar-refractivity contribution in [2.45, 2.75) is 38.1 Å². The molecule has 2 amide bonds. The van der Waals surface area contributed by atoms with Crippen LogP contribution in [-0.2, 0) is 19.1 Å². The maximum absolute atomic E-state index is 12.5. The molecule has 2 aromatic rings. The Kier molecular flexibility index (Phi) is 8.83. The normalized spacial score (nSPS) is 13.0. The van der Waals surface area contributed by atoms with Crippen molar-refractivity contribution < 1.29 is 29.0 Å². The van der Waals surface area contributed by atoms with E-state index in [9.17, 15) is 14.4 Å². The van der Waals surface area contributed by atoms with Crippen molar-refractivity contribution in [3.63, 3.8) is 0 Å². The summed E-state index contributed by atoms with van der Waals surface area (Å²) in [4.78, 5) is 36.0. The van der Waals surface area contributed by atoms with E-state index in [4.69, 9.17) is 14.6 Å². The third-order valence-electron chi connectivity index (χ3n) is 5.57. The number of carbonyl (C=O) groups is 3. The molecular weight excluding hydrogens is 424 g/mol. The van der Waals surface area contributed by atoms with Gasteiger partial charge in [-0.25, -0.2) is 4.79 Å². The number of nitrogens with one attached hydrogen (secondary N) is 2. The highest BCUT2D eigenvalue weighted by molar-refractivity contribution is 5.86. The van der Waals surface area contributed by atoms with E-state index < -0.39 is 24.0 Å². The predicted molar refractivity (Wildman–Crippen MR) is 123 cm³/mol. The van der Waals surface area contributed by atoms with Crippen molar-refractivity contribution in [3.8, 4) is 11.1 Å². The number of ether oxygens (including phenoxy) is 2. The predicted octanol–water partition coefficient (Wildman–Crippen LogP) is 3.30. The Bertz CT molecular complexity index is 931. The molecule has 33 heavy (non-hydrogen) atoms. The minimum Gasteiger partial charge on any atom is -0.481 e. The summed E-state index contributed by atoms with van der Waals surface area (Å²) in [6, 6.07) is 15.0. The second kappa shape index (κ2) is 12.0. The Labute approximate surface area is 193 Å². The standard InChI is InChI=1S/C25H30N2O6/c1-2-32-15-7-14-26-24(30)22(12-13-23(28)29)27-25(31)33-16-21-19-10-5-3-8-17(19)18-9-4-6-11-20(18)21/h3-6,8-11,21-22H,2,7,12-16H2,1H3,(H,26,30)(H,27,31)(H,28,29). The number of hydrogen-bond acceptors (Lipinski definition) is 5. The number of carboxylic acids is 1. The Morgan fingerprint density at radius 3 is 2.27 bits per heavy atom. The largest absolute Gasteiger partial charge is 0.481 e. The lowest BCUT2D eigenvalue weighted by molar-refractivity contribution is -0.137. The third kappa shape index (κ3) is 6.55. The van der Waals surface area contributed by atoms with Gasteiger partial charge in [0.2, 0.25) is 5.91 Å². The molecule has 2 aromatic carbocycles. The van der Waals surface area contributed by atoms with Crippen LogP contribution >= 0.6 is 0 Å². The fraction of sp³-hybridized carbons (Fsp3) is 0.400. The van der Waals surface area contributed by atoms with E-state index in [-0.39, 0.29) is 25.4 Å². The summed E-state index contributed by atoms with van der Waals surface area (Å²) in [5.74, 6) is -1.59. The first kappa shape index (κ1) is 24.3. The van der Waals surface area contributed by atoms with Crippen molar-refractivity contribution in [2.75, 3.05) is 26.4 Å². The Balaban J connectivity index is 1.58. The van der Waals surface area contributed by atoms with E-state index >= 15 is 0 Å². The number of aliphatic carboxylic acids is 1. The minimum absolute atomic E-state index is 0.0309. The molecule has 0 saturated heterocycles. The molecule has 8 heteroatoms. The van der Waals surface area contributed by atoms with Crippen molar-refractivity contribution in [3.05, 3.63) is 59.7 Å². The van der Waals surface area contributed by atoms with Crippen LogP contribution in [0.25, 0.3) is 11.1 Å². The summed E-state index contributed by atoms with van der Waals surface area (Å²) in [5, 5.41) is 14.2. The number of fused-ring (bicyclic) bond motifs is 3. The third-order valence-corrected chi connectivity index (χ3v) is 5.57. The van der Waals surface area contributed by atoms with E-state index in [1.807, 2.05) is 55.5 Å². The van der Waals surface area contributed by atoms with Crippen LogP contribution in [0.5, 0.6) is 0 Å². The number of rotatable bonds is 12. The van der Waals surface area contributed by atoms with E-state index in [0.717, 1.165) is 22.3 Å². The molecule has 0 spiro atoms. The number of alkyl carbamates (subject to hydrolysis) is 1. The molecule has 0 aliphatic heterocycles. The van der Waals surface area contributed by atoms with Crippen LogP contribution in [0.1, 0.15) is 43.2 Å². The number of benzene rings is 2. The first-order valence-electron chi connectivity index (χ1n) is 11.2. The van der Waals surface area contributed by atoms with Crippen molar-refractivity contribution in [1.29, 1.82) is 0 Å². The van der Waals surface area contributed by atoms with Gasteiger partial charge in [-0.15, -0.1) is 0 Å². The number of carboxylic acid groups (broad SMARTS) is 1. The summed E-state index contributed by atoms with van der Waals surface area (Å²) in [7, 11) is 0. The Hall–Kier alpha value is -3.39. The van der Waals surface area contributed by atoms with Gasteiger partial charge < -0.3 is 25.2 Å². The Morgan fingerprint density at radius 2 is 1.67 bits per heavy atom. The summed E-state index contributed by atoms with van der Waals surface area (Å²) in [5.41, 5.74) is 4.41. The van der Waals surface area contributed by atoms with Gasteiger partial charge in [0.05, 0.1) is 0 Å². The van der Waals surface area contributed by atoms with E-state index in [2.05, 4.69) is 10.6 Å². The second-order valence-corrected chi connectivity index (χ2v) is 7.80. The summed E-state index contributed by atoms with van der Waals surface area (Å²) >= 11 is 0. The molecule has 1 aliphatic carbocycles. The molecule has 3 rings (SSSR count). The summed E-state index contributed by atoms with van der Waals surface area (Å²) in [6.45, 7) is 3.48. The van der Waals surface area contributed by atoms with Gasteiger partial charge >= 0.3 is 12.1 Å². The number of hydrogen-bond donors (Lipinski definition) is 3. The van der Waals surface area contributed by atoms with Crippen LogP contribution in [0.3, 0.4) is 0 Å². The quantitative estimate of drug-likeness (QED) is 0.424. The molecule has 0 fully saturated rings. The average molecular weight is 455 g/mol. The van der Waals surface area contributed by atoms with Crippen molar-refractivity contribution >= 4 is 18.0 Å². The molecule has 0 radical (unpaired) electrons. The molecule has 0 bridgehead atoms. The van der Waals surface area contributed by atoms with Gasteiger partial charge in [-0.3, -0.25) is 9.59 Å². The highest BCUT2D eigenvalue weighted by atomic mass is 16.5. The monoisotopic (exact) mass is 454 g/mol. The molecule has 0 saturated carbocycles. The number of carbonyl (C=O) groups excluding carboxylic acids is 2. The van der Waals surface area contributed by atoms with Gasteiger partial charge in [0, 0.05) is 32.1 Å². The van der Waals surface area contributed by atoms with Crippen LogP contribution in [-0.4, -0.2) is 55.5 Å². The number of amides is 2. The smallest absolute Gasteiger partial charge is 0.407 e. The lowest BCUT2D eigenvalue weighted by atomic mass is 9.98. The zero-order chi connectivity index (χ0) is 23.6. The van der Waals surface area contributed by atoms with Crippen molar-refractivity contribution in [1.82, 2.24) is 10.6 Å². The van der Waals surface area contributed by atoms with Gasteiger partial charge in [0.1, 0.15) is 12.6 Å². The maximum atomic E-state index is 12.5. The molecule has 1 aliphatic rings. The highest BCUT2D eigenvalue weighted by Crippen LogP contribution is 2.44. The van der Waals surface area contributed by atoms with E-state index in [0.29, 0.717) is 26.2 Å². The summed E-state index contributed by atoms with van der Waals surface area (Å²) in [6.07, 6.45) is -0.412. The van der Waals surface area contributed by atoms with Crippen molar-refractivity contribution in [2.24, 2.45) is 0 Å². The lowest BCUT2D eigenvalue weighted by Crippen LogP contribution is -2.47. The molecule has 1 atom stereocenters. The van der Waals surface area contributed by atoms with Gasteiger partial charge in [0.25, 0.3) is 0 Å². The van der Waals surface area contributed by atoms with Crippen LogP contribution in [0.2, 0.25) is 0 Å². The van der Waals surface area contributed by atoms with Gasteiger partial charge in [0.15, 0.2) is 0 Å². The average Bonchev–Trinajstić information content (AvgIpc) is 3.13. The van der Waals surface area contributed by atoms with Gasteiger partial charge in [-0.05, 0) is 42.0 Å². The van der Waals surface area contributed by atoms with Gasteiger partial charge in [-0.1, -0.05) is 48.5 Å². The molecule has 0 aromatic heterocycles. The van der Waals surface area contributed by atoms with Crippen LogP contribution in [0.4, 0.5) is 4.79 Å². The maximum Gasteiger partial charge on any atom is 0.407 e. The highest BCUT2D eigenvalue weighted by Gasteiger charge is 2.29. The van der Waals surface area contributed by atoms with E-state index in [1.54, 1.807) is 0 Å². The SMILES string of the molecule is CCOCCCNC(=O)C(CCC(=O)O)NC(=O)OCC1c2ccccc2-c2ccccc21. The lowest BCUT2D eigenvalue weighted by Gasteiger charge is -2.19. The topological polar surface area (TPSA) is 114 Å². The molecule has 0 heterocycles. The first-order chi connectivity index (χ1) is 16.0. The molecule has 3 N–H and O–H groups in total. The fourth-order valence-corrected chi connectivity index (χ4v) is 3.97.